The summed E-state index contributed by atoms with van der Waals surface area (Å²) >= 11 is 7.01. The predicted molar refractivity (Wildman–Crippen MR) is 103 cm³/mol. The molecule has 0 bridgehead atoms. The van der Waals surface area contributed by atoms with Crippen molar-refractivity contribution in [2.24, 2.45) is 11.7 Å². The number of benzene rings is 1. The molecular formula is C17H21ClFN5O2S. The van der Waals surface area contributed by atoms with Crippen LogP contribution in [0.5, 0.6) is 0 Å². The van der Waals surface area contributed by atoms with E-state index >= 15 is 0 Å². The van der Waals surface area contributed by atoms with Gasteiger partial charge in [-0.2, -0.15) is 0 Å². The third-order valence-corrected chi connectivity index (χ3v) is 4.67. The van der Waals surface area contributed by atoms with Crippen LogP contribution >= 0.6 is 23.4 Å². The summed E-state index contributed by atoms with van der Waals surface area (Å²) in [5.74, 6) is -0.370. The molecule has 146 valence electrons. The smallest absolute Gasteiger partial charge is 0.234 e. The number of nitrogens with zero attached hydrogens (tertiary/aromatic N) is 3. The normalized spacial score (nSPS) is 11.0. The first-order valence-corrected chi connectivity index (χ1v) is 9.70. The van der Waals surface area contributed by atoms with Crippen molar-refractivity contribution in [1.82, 2.24) is 14.8 Å². The van der Waals surface area contributed by atoms with E-state index in [0.717, 1.165) is 0 Å². The number of anilines is 1. The number of carbonyl (C=O) groups excluding carboxylic acids is 2. The largest absolute Gasteiger partial charge is 0.370 e. The number of aromatic nitrogens is 3. The highest BCUT2D eigenvalue weighted by Gasteiger charge is 2.16. The SMILES string of the molecule is CC(C)Cn1c(CCC(N)=O)nnc1SCC(=O)Nc1cc(Cl)ccc1F. The Bertz CT molecular complexity index is 828. The molecule has 2 amide bonds. The average molecular weight is 414 g/mol. The molecule has 27 heavy (non-hydrogen) atoms. The minimum Gasteiger partial charge on any atom is -0.370 e. The topological polar surface area (TPSA) is 103 Å². The second-order valence-corrected chi connectivity index (χ2v) is 7.71. The minimum absolute atomic E-state index is 0.0258. The molecule has 0 fully saturated rings. The molecule has 0 saturated heterocycles. The lowest BCUT2D eigenvalue weighted by Crippen LogP contribution is -2.17. The molecule has 1 aromatic heterocycles. The van der Waals surface area contributed by atoms with Gasteiger partial charge in [0.05, 0.1) is 11.4 Å². The van der Waals surface area contributed by atoms with E-state index in [9.17, 15) is 14.0 Å². The molecule has 0 aliphatic rings. The maximum atomic E-state index is 13.7. The lowest BCUT2D eigenvalue weighted by Gasteiger charge is -2.12. The van der Waals surface area contributed by atoms with E-state index in [4.69, 9.17) is 17.3 Å². The number of nitrogens with one attached hydrogen (secondary N) is 1. The number of hydrogen-bond acceptors (Lipinski definition) is 5. The zero-order valence-corrected chi connectivity index (χ0v) is 16.6. The van der Waals surface area contributed by atoms with Crippen molar-refractivity contribution >= 4 is 40.9 Å². The number of halogens is 2. The molecule has 0 unspecified atom stereocenters. The number of carbonyl (C=O) groups is 2. The first-order valence-electron chi connectivity index (χ1n) is 8.34. The molecular weight excluding hydrogens is 393 g/mol. The van der Waals surface area contributed by atoms with Crippen LogP contribution in [0.25, 0.3) is 0 Å². The number of primary amides is 1. The molecule has 2 aromatic rings. The van der Waals surface area contributed by atoms with Crippen LogP contribution in [0, 0.1) is 11.7 Å². The summed E-state index contributed by atoms with van der Waals surface area (Å²) in [6, 6.07) is 3.95. The fourth-order valence-electron chi connectivity index (χ4n) is 2.30. The van der Waals surface area contributed by atoms with E-state index in [1.165, 1.54) is 30.0 Å². The Morgan fingerprint density at radius 1 is 1.37 bits per heavy atom. The van der Waals surface area contributed by atoms with E-state index in [2.05, 4.69) is 15.5 Å². The van der Waals surface area contributed by atoms with Crippen molar-refractivity contribution in [2.75, 3.05) is 11.1 Å². The third-order valence-electron chi connectivity index (χ3n) is 3.47. The van der Waals surface area contributed by atoms with Gasteiger partial charge < -0.3 is 15.6 Å². The van der Waals surface area contributed by atoms with Crippen molar-refractivity contribution < 1.29 is 14.0 Å². The molecule has 7 nitrogen and oxygen atoms in total. The second-order valence-electron chi connectivity index (χ2n) is 6.33. The van der Waals surface area contributed by atoms with E-state index in [1.54, 1.807) is 0 Å². The van der Waals surface area contributed by atoms with Crippen LogP contribution in [-0.4, -0.2) is 32.3 Å². The van der Waals surface area contributed by atoms with Crippen LogP contribution in [0.2, 0.25) is 5.02 Å². The molecule has 10 heteroatoms. The average Bonchev–Trinajstić information content (AvgIpc) is 2.95. The maximum Gasteiger partial charge on any atom is 0.234 e. The zero-order chi connectivity index (χ0) is 20.0. The van der Waals surface area contributed by atoms with Crippen molar-refractivity contribution in [1.29, 1.82) is 0 Å². The van der Waals surface area contributed by atoms with Gasteiger partial charge >= 0.3 is 0 Å². The summed E-state index contributed by atoms with van der Waals surface area (Å²) in [6.45, 7) is 4.73. The Hall–Kier alpha value is -2.13. The summed E-state index contributed by atoms with van der Waals surface area (Å²) in [6.07, 6.45) is 0.560. The van der Waals surface area contributed by atoms with Crippen LogP contribution < -0.4 is 11.1 Å². The number of rotatable bonds is 9. The monoisotopic (exact) mass is 413 g/mol. The molecule has 0 aliphatic carbocycles. The van der Waals surface area contributed by atoms with E-state index in [1.807, 2.05) is 18.4 Å². The van der Waals surface area contributed by atoms with Crippen LogP contribution in [0.4, 0.5) is 10.1 Å². The minimum atomic E-state index is -0.561. The molecule has 1 heterocycles. The highest BCUT2D eigenvalue weighted by atomic mass is 35.5. The molecule has 0 saturated carbocycles. The Morgan fingerprint density at radius 3 is 2.78 bits per heavy atom. The first kappa shape index (κ1) is 21.2. The van der Waals surface area contributed by atoms with Gasteiger partial charge in [0.15, 0.2) is 5.16 Å². The summed E-state index contributed by atoms with van der Waals surface area (Å²) in [5.41, 5.74) is 5.23. The number of hydrogen-bond donors (Lipinski definition) is 2. The summed E-state index contributed by atoms with van der Waals surface area (Å²) in [4.78, 5) is 23.2. The Morgan fingerprint density at radius 2 is 2.11 bits per heavy atom. The quantitative estimate of drug-likeness (QED) is 0.615. The van der Waals surface area contributed by atoms with Crippen LogP contribution in [-0.2, 0) is 22.6 Å². The van der Waals surface area contributed by atoms with Gasteiger partial charge in [-0.1, -0.05) is 37.2 Å². The molecule has 3 N–H and O–H groups in total. The number of nitrogens with two attached hydrogens (primary N) is 1. The molecule has 1 aromatic carbocycles. The van der Waals surface area contributed by atoms with Gasteiger partial charge in [-0.15, -0.1) is 10.2 Å². The fraction of sp³-hybridized carbons (Fsp3) is 0.412. The van der Waals surface area contributed by atoms with Crippen molar-refractivity contribution in [2.45, 2.75) is 38.4 Å². The summed E-state index contributed by atoms with van der Waals surface area (Å²) in [7, 11) is 0. The van der Waals surface area contributed by atoms with Crippen LogP contribution in [0.1, 0.15) is 26.1 Å². The molecule has 0 aliphatic heterocycles. The van der Waals surface area contributed by atoms with E-state index < -0.39 is 11.7 Å². The Balaban J connectivity index is 2.04. The van der Waals surface area contributed by atoms with E-state index in [0.29, 0.717) is 34.9 Å². The Kier molecular flexibility index (Phi) is 7.61. The highest BCUT2D eigenvalue weighted by molar-refractivity contribution is 7.99. The maximum absolute atomic E-state index is 13.7. The standard InChI is InChI=1S/C17H21ClFN5O2S/c1-10(2)8-24-15(6-5-14(20)25)22-23-17(24)27-9-16(26)21-13-7-11(18)3-4-12(13)19/h3-4,7,10H,5-6,8-9H2,1-2H3,(H2,20,25)(H,21,26). The molecule has 0 atom stereocenters. The van der Waals surface area contributed by atoms with Gasteiger partial charge in [-0.05, 0) is 24.1 Å². The van der Waals surface area contributed by atoms with Crippen LogP contribution in [0.3, 0.4) is 0 Å². The fourth-order valence-corrected chi connectivity index (χ4v) is 3.24. The van der Waals surface area contributed by atoms with Crippen molar-refractivity contribution in [3.63, 3.8) is 0 Å². The third kappa shape index (κ3) is 6.51. The van der Waals surface area contributed by atoms with Crippen molar-refractivity contribution in [3.05, 3.63) is 34.9 Å². The zero-order valence-electron chi connectivity index (χ0n) is 15.0. The van der Waals surface area contributed by atoms with Gasteiger partial charge in [0, 0.05) is 24.4 Å². The lowest BCUT2D eigenvalue weighted by molar-refractivity contribution is -0.118. The van der Waals surface area contributed by atoms with Gasteiger partial charge in [-0.25, -0.2) is 4.39 Å². The highest BCUT2D eigenvalue weighted by Crippen LogP contribution is 2.22. The Labute approximate surface area is 165 Å². The second kappa shape index (κ2) is 9.70. The summed E-state index contributed by atoms with van der Waals surface area (Å²) in [5, 5.41) is 11.6. The number of amides is 2. The van der Waals surface area contributed by atoms with Gasteiger partial charge in [0.25, 0.3) is 0 Å². The lowest BCUT2D eigenvalue weighted by atomic mass is 10.2. The summed E-state index contributed by atoms with van der Waals surface area (Å²) < 4.78 is 15.6. The predicted octanol–water partition coefficient (Wildman–Crippen LogP) is 2.88. The van der Waals surface area contributed by atoms with Gasteiger partial charge in [0.2, 0.25) is 11.8 Å². The van der Waals surface area contributed by atoms with Crippen molar-refractivity contribution in [3.8, 4) is 0 Å². The van der Waals surface area contributed by atoms with Crippen LogP contribution in [0.15, 0.2) is 23.4 Å². The molecule has 0 spiro atoms. The van der Waals surface area contributed by atoms with E-state index in [-0.39, 0.29) is 23.8 Å². The van der Waals surface area contributed by atoms with Gasteiger partial charge in [-0.3, -0.25) is 9.59 Å². The van der Waals surface area contributed by atoms with Gasteiger partial charge in [0.1, 0.15) is 11.6 Å². The molecule has 0 radical (unpaired) electrons. The molecule has 2 rings (SSSR count). The first-order chi connectivity index (χ1) is 12.8. The number of aryl methyl sites for hydroxylation is 1. The number of thioether (sulfide) groups is 1.